The number of nitrogen functional groups attached to an aromatic ring is 1. The zero-order chi connectivity index (χ0) is 15.5. The molecule has 1 aliphatic rings. The highest BCUT2D eigenvalue weighted by Crippen LogP contribution is 2.22. The molecule has 6 nitrogen and oxygen atoms in total. The minimum absolute atomic E-state index is 0. The van der Waals surface area contributed by atoms with Crippen molar-refractivity contribution in [1.29, 1.82) is 5.41 Å². The van der Waals surface area contributed by atoms with Gasteiger partial charge in [0, 0.05) is 30.6 Å². The number of para-hydroxylation sites is 1. The van der Waals surface area contributed by atoms with Gasteiger partial charge in [0.05, 0.1) is 13.1 Å². The van der Waals surface area contributed by atoms with Crippen molar-refractivity contribution in [1.82, 2.24) is 9.88 Å². The van der Waals surface area contributed by atoms with Gasteiger partial charge in [-0.1, -0.05) is 18.2 Å². The molecule has 0 aliphatic carbocycles. The predicted octanol–water partition coefficient (Wildman–Crippen LogP) is 1.70. The molecule has 22 heavy (non-hydrogen) atoms. The number of pyridine rings is 1. The Labute approximate surface area is 129 Å². The number of hydrogen-bond acceptors (Lipinski definition) is 5. The van der Waals surface area contributed by atoms with E-state index in [0.29, 0.717) is 30.9 Å². The minimum Gasteiger partial charge on any atom is -0.491 e. The Morgan fingerprint density at radius 2 is 2.18 bits per heavy atom. The number of fused-ring (bicyclic) bond motifs is 1. The Bertz CT molecular complexity index is 736. The van der Waals surface area contributed by atoms with Crippen LogP contribution >= 0.6 is 0 Å². The van der Waals surface area contributed by atoms with Crippen molar-refractivity contribution in [3.8, 4) is 5.75 Å². The van der Waals surface area contributed by atoms with Crippen LogP contribution in [-0.2, 0) is 11.3 Å². The van der Waals surface area contributed by atoms with Crippen LogP contribution in [0.15, 0.2) is 42.7 Å². The van der Waals surface area contributed by atoms with E-state index in [-0.39, 0.29) is 13.0 Å². The molecule has 0 radical (unpaired) electrons. The van der Waals surface area contributed by atoms with E-state index in [1.807, 2.05) is 0 Å². The van der Waals surface area contributed by atoms with Crippen LogP contribution in [0.2, 0.25) is 0 Å². The number of nitrogens with zero attached hydrogens (tertiary/aromatic N) is 2. The highest BCUT2D eigenvalue weighted by Gasteiger charge is 2.24. The van der Waals surface area contributed by atoms with Crippen molar-refractivity contribution in [2.24, 2.45) is 0 Å². The second kappa shape index (κ2) is 5.85. The first-order chi connectivity index (χ1) is 10.7. The molecule has 2 aromatic rings. The summed E-state index contributed by atoms with van der Waals surface area (Å²) in [4.78, 5) is 18.2. The standard InChI is InChI=1S/C16H16N4O2.H2/c17-13-4-2-1-3-12(13)15(18)16(21)20-7-8-22-14-5-6-19-9-11(14)10-20;/h1-6,9,18H,7-8,10,17H2;1H. The highest BCUT2D eigenvalue weighted by atomic mass is 16.5. The van der Waals surface area contributed by atoms with Crippen molar-refractivity contribution in [3.05, 3.63) is 53.9 Å². The molecule has 114 valence electrons. The molecule has 6 heteroatoms. The fraction of sp³-hybridized carbons (Fsp3) is 0.188. The number of hydrogen-bond donors (Lipinski definition) is 2. The maximum Gasteiger partial charge on any atom is 0.272 e. The molecule has 0 bridgehead atoms. The molecule has 1 amide bonds. The predicted molar refractivity (Wildman–Crippen MR) is 84.9 cm³/mol. The van der Waals surface area contributed by atoms with E-state index in [1.54, 1.807) is 47.6 Å². The van der Waals surface area contributed by atoms with Crippen LogP contribution in [0.5, 0.6) is 5.75 Å². The quantitative estimate of drug-likeness (QED) is 0.652. The molecule has 3 rings (SSSR count). The molecular weight excluding hydrogens is 280 g/mol. The van der Waals surface area contributed by atoms with Gasteiger partial charge in [0.1, 0.15) is 18.1 Å². The van der Waals surface area contributed by atoms with E-state index in [9.17, 15) is 4.79 Å². The molecule has 1 aromatic heterocycles. The smallest absolute Gasteiger partial charge is 0.272 e. The van der Waals surface area contributed by atoms with E-state index in [4.69, 9.17) is 15.9 Å². The molecule has 3 N–H and O–H groups in total. The molecule has 0 atom stereocenters. The number of nitrogens with one attached hydrogen (secondary N) is 1. The van der Waals surface area contributed by atoms with Crippen molar-refractivity contribution >= 4 is 17.3 Å². The lowest BCUT2D eigenvalue weighted by atomic mass is 10.1. The van der Waals surface area contributed by atoms with Crippen molar-refractivity contribution in [2.45, 2.75) is 6.54 Å². The highest BCUT2D eigenvalue weighted by molar-refractivity contribution is 6.45. The van der Waals surface area contributed by atoms with E-state index in [1.165, 1.54) is 0 Å². The number of anilines is 1. The Morgan fingerprint density at radius 1 is 1.36 bits per heavy atom. The summed E-state index contributed by atoms with van der Waals surface area (Å²) >= 11 is 0. The van der Waals surface area contributed by atoms with Crippen LogP contribution in [0.4, 0.5) is 5.69 Å². The summed E-state index contributed by atoms with van der Waals surface area (Å²) in [6.07, 6.45) is 3.34. The number of rotatable bonds is 2. The second-order valence-corrected chi connectivity index (χ2v) is 5.02. The lowest BCUT2D eigenvalue weighted by Crippen LogP contribution is -2.37. The summed E-state index contributed by atoms with van der Waals surface area (Å²) in [5, 5.41) is 8.14. The molecule has 0 unspecified atom stereocenters. The van der Waals surface area contributed by atoms with Gasteiger partial charge in [-0.25, -0.2) is 0 Å². The summed E-state index contributed by atoms with van der Waals surface area (Å²) in [5.74, 6) is 0.370. The van der Waals surface area contributed by atoms with Crippen molar-refractivity contribution in [3.63, 3.8) is 0 Å². The number of nitrogens with two attached hydrogens (primary N) is 1. The number of benzene rings is 1. The van der Waals surface area contributed by atoms with Gasteiger partial charge in [-0.05, 0) is 12.1 Å². The normalized spacial score (nSPS) is 13.7. The summed E-state index contributed by atoms with van der Waals surface area (Å²) in [7, 11) is 0. The Hall–Kier alpha value is -2.89. The largest absolute Gasteiger partial charge is 0.491 e. The summed E-state index contributed by atoms with van der Waals surface area (Å²) in [6, 6.07) is 8.68. The molecule has 1 aromatic carbocycles. The third-order valence-corrected chi connectivity index (χ3v) is 3.57. The maximum absolute atomic E-state index is 12.6. The van der Waals surface area contributed by atoms with Crippen LogP contribution in [0.3, 0.4) is 0 Å². The molecule has 0 fully saturated rings. The lowest BCUT2D eigenvalue weighted by molar-refractivity contribution is -0.124. The topological polar surface area (TPSA) is 92.3 Å². The van der Waals surface area contributed by atoms with Gasteiger partial charge >= 0.3 is 0 Å². The van der Waals surface area contributed by atoms with Gasteiger partial charge in [-0.2, -0.15) is 0 Å². The Morgan fingerprint density at radius 3 is 3.00 bits per heavy atom. The third-order valence-electron chi connectivity index (χ3n) is 3.57. The van der Waals surface area contributed by atoms with E-state index < -0.39 is 0 Å². The fourth-order valence-corrected chi connectivity index (χ4v) is 2.40. The number of carbonyl (C=O) groups is 1. The SMILES string of the molecule is N=C(C(=O)N1CCOc2ccncc2C1)c1ccccc1N.[HH]. The van der Waals surface area contributed by atoms with Crippen LogP contribution in [0.1, 0.15) is 12.6 Å². The van der Waals surface area contributed by atoms with Gasteiger partial charge < -0.3 is 15.4 Å². The van der Waals surface area contributed by atoms with E-state index in [0.717, 1.165) is 11.3 Å². The summed E-state index contributed by atoms with van der Waals surface area (Å²) in [5.41, 5.74) is 7.45. The number of ether oxygens (including phenoxy) is 1. The first kappa shape index (κ1) is 14.1. The van der Waals surface area contributed by atoms with E-state index in [2.05, 4.69) is 4.98 Å². The molecule has 1 aliphatic heterocycles. The van der Waals surface area contributed by atoms with Crippen LogP contribution in [-0.4, -0.2) is 34.7 Å². The maximum atomic E-state index is 12.6. The van der Waals surface area contributed by atoms with E-state index >= 15 is 0 Å². The monoisotopic (exact) mass is 298 g/mol. The van der Waals surface area contributed by atoms with Crippen molar-refractivity contribution < 1.29 is 11.0 Å². The lowest BCUT2D eigenvalue weighted by Gasteiger charge is -2.20. The van der Waals surface area contributed by atoms with Crippen LogP contribution in [0.25, 0.3) is 0 Å². The first-order valence-corrected chi connectivity index (χ1v) is 6.95. The van der Waals surface area contributed by atoms with Gasteiger partial charge in [-0.3, -0.25) is 15.2 Å². The molecule has 2 heterocycles. The average Bonchev–Trinajstić information content (AvgIpc) is 2.76. The fourth-order valence-electron chi connectivity index (χ4n) is 2.40. The number of aromatic nitrogens is 1. The van der Waals surface area contributed by atoms with Gasteiger partial charge in [0.25, 0.3) is 5.91 Å². The third kappa shape index (κ3) is 2.63. The molecule has 0 saturated carbocycles. The first-order valence-electron chi connectivity index (χ1n) is 6.95. The summed E-state index contributed by atoms with van der Waals surface area (Å²) in [6.45, 7) is 1.18. The number of carbonyl (C=O) groups excluding carboxylic acids is 1. The van der Waals surface area contributed by atoms with Crippen LogP contribution < -0.4 is 10.5 Å². The van der Waals surface area contributed by atoms with Gasteiger partial charge in [0.15, 0.2) is 0 Å². The molecular formula is C16H18N4O2. The zero-order valence-electron chi connectivity index (χ0n) is 12.0. The number of amides is 1. The van der Waals surface area contributed by atoms with Crippen LogP contribution in [0, 0.1) is 5.41 Å². The van der Waals surface area contributed by atoms with Gasteiger partial charge in [0.2, 0.25) is 0 Å². The minimum atomic E-state index is -0.363. The van der Waals surface area contributed by atoms with Crippen molar-refractivity contribution in [2.75, 3.05) is 18.9 Å². The zero-order valence-corrected chi connectivity index (χ0v) is 12.0. The molecule has 0 spiro atoms. The Balaban J connectivity index is 0.00000192. The second-order valence-electron chi connectivity index (χ2n) is 5.02. The van der Waals surface area contributed by atoms with Gasteiger partial charge in [-0.15, -0.1) is 0 Å². The summed E-state index contributed by atoms with van der Waals surface area (Å²) < 4.78 is 5.61. The average molecular weight is 298 g/mol. The molecule has 0 saturated heterocycles. The Kier molecular flexibility index (Phi) is 3.74.